The highest BCUT2D eigenvalue weighted by molar-refractivity contribution is 6.07. The summed E-state index contributed by atoms with van der Waals surface area (Å²) in [5.41, 5.74) is -1.63. The minimum absolute atomic E-state index is 0.0719. The predicted octanol–water partition coefficient (Wildman–Crippen LogP) is -1.29. The van der Waals surface area contributed by atoms with Crippen LogP contribution in [-0.2, 0) is 0 Å². The Kier molecular flexibility index (Phi) is 1.78. The van der Waals surface area contributed by atoms with Gasteiger partial charge < -0.3 is 35.2 Å². The molecule has 22 heavy (non-hydrogen) atoms. The number of hydrogen-bond acceptors (Lipinski definition) is 7. The highest BCUT2D eigenvalue weighted by Gasteiger charge is 2.44. The first kappa shape index (κ1) is 8.99. The number of hydrogen-bond donors (Lipinski definition) is 5. The molecule has 0 spiro atoms. The Hall–Kier alpha value is -2.29. The summed E-state index contributed by atoms with van der Waals surface area (Å²) in [4.78, 5) is 12.5. The average molecular weight is 312 g/mol. The number of amides is 1. The zero-order valence-electron chi connectivity index (χ0n) is 15.8. The van der Waals surface area contributed by atoms with E-state index in [2.05, 4.69) is 0 Å². The minimum atomic E-state index is -3.77. The van der Waals surface area contributed by atoms with E-state index in [0.29, 0.717) is 0 Å². The number of benzene rings is 1. The number of phenolic OH excluding ortho intramolecular Hbond substituents is 1. The third-order valence-electron chi connectivity index (χ3n) is 3.55. The molecule has 1 aromatic rings. The fraction of sp³-hybridized carbons (Fsp3) is 0.357. The van der Waals surface area contributed by atoms with Crippen molar-refractivity contribution in [3.8, 4) is 17.2 Å². The molecule has 0 saturated carbocycles. The quantitative estimate of drug-likeness (QED) is 0.403. The molecule has 1 amide bonds. The zero-order chi connectivity index (χ0) is 20.2. The molecule has 5 N–H and O–H groups in total. The highest BCUT2D eigenvalue weighted by Crippen LogP contribution is 2.48. The minimum Gasteiger partial charge on any atom is -0.504 e. The van der Waals surface area contributed by atoms with Gasteiger partial charge in [0.15, 0.2) is 11.5 Å². The Morgan fingerprint density at radius 3 is 2.86 bits per heavy atom. The first-order valence-electron chi connectivity index (χ1n) is 8.66. The molecule has 1 aromatic carbocycles. The van der Waals surface area contributed by atoms with E-state index in [1.54, 1.807) is 0 Å². The highest BCUT2D eigenvalue weighted by atomic mass is 16.7. The van der Waals surface area contributed by atoms with Crippen molar-refractivity contribution in [1.29, 1.82) is 0 Å². The lowest BCUT2D eigenvalue weighted by molar-refractivity contribution is -0.0535. The predicted molar refractivity (Wildman–Crippen MR) is 71.5 cm³/mol. The molecule has 2 heterocycles. The van der Waals surface area contributed by atoms with Crippen LogP contribution in [-0.4, -0.2) is 57.4 Å². The fourth-order valence-corrected chi connectivity index (χ4v) is 2.54. The summed E-state index contributed by atoms with van der Waals surface area (Å²) in [7, 11) is 0. The fourth-order valence-electron chi connectivity index (χ4n) is 2.54. The van der Waals surface area contributed by atoms with Crippen molar-refractivity contribution < 1.29 is 41.5 Å². The van der Waals surface area contributed by atoms with Gasteiger partial charge in [-0.15, -0.1) is 0 Å². The average Bonchev–Trinajstić information content (AvgIpc) is 3.01. The smallest absolute Gasteiger partial charge is 0.256 e. The Morgan fingerprint density at radius 1 is 1.32 bits per heavy atom. The molecule has 8 nitrogen and oxygen atoms in total. The molecule has 0 fully saturated rings. The monoisotopic (exact) mass is 312 g/mol. The van der Waals surface area contributed by atoms with Crippen LogP contribution in [0.25, 0.3) is 5.57 Å². The van der Waals surface area contributed by atoms with Crippen LogP contribution in [0.1, 0.15) is 22.8 Å². The molecule has 0 radical (unpaired) electrons. The number of carbonyl (C=O) groups excluding carboxylic acids is 1. The number of carbonyl (C=O) groups is 1. The van der Waals surface area contributed by atoms with E-state index in [4.69, 9.17) is 16.3 Å². The molecule has 0 aromatic heterocycles. The van der Waals surface area contributed by atoms with Crippen molar-refractivity contribution in [2.45, 2.75) is 24.3 Å². The number of nitrogens with one attached hydrogen (secondary N) is 1. The third kappa shape index (κ3) is 1.59. The topological polar surface area (TPSA) is 128 Å². The van der Waals surface area contributed by atoms with Gasteiger partial charge in [-0.25, -0.2) is 0 Å². The molecule has 116 valence electrons. The number of aliphatic hydroxyl groups is 3. The maximum Gasteiger partial charge on any atom is 0.256 e. The van der Waals surface area contributed by atoms with Crippen LogP contribution in [0.15, 0.2) is 12.1 Å². The van der Waals surface area contributed by atoms with E-state index >= 15 is 0 Å². The van der Waals surface area contributed by atoms with E-state index in [1.807, 2.05) is 5.32 Å². The second-order valence-corrected chi connectivity index (χ2v) is 4.76. The Bertz CT molecular complexity index is 944. The van der Waals surface area contributed by atoms with E-state index < -0.39 is 53.1 Å². The molecular formula is C14H13NO7. The van der Waals surface area contributed by atoms with E-state index in [1.165, 1.54) is 0 Å². The van der Waals surface area contributed by atoms with Crippen LogP contribution in [0, 0.1) is 0 Å². The molecule has 1 aliphatic carbocycles. The van der Waals surface area contributed by atoms with E-state index in [0.717, 1.165) is 6.07 Å². The van der Waals surface area contributed by atoms with Gasteiger partial charge in [0.05, 0.1) is 18.4 Å². The zero-order valence-corrected chi connectivity index (χ0v) is 10.8. The largest absolute Gasteiger partial charge is 0.504 e. The van der Waals surface area contributed by atoms with Gasteiger partial charge in [-0.05, 0) is 17.7 Å². The van der Waals surface area contributed by atoms with Gasteiger partial charge in [0.25, 0.3) is 5.91 Å². The summed E-state index contributed by atoms with van der Waals surface area (Å²) in [6, 6.07) is -3.14. The SMILES string of the molecule is [2H]C1=C2c3cc4c(c(O)c3C(=O)N[C@@]2([2H])[C@]([2H])(O)[C@]([2H])(O)[C@@]1([2H])O)OCO4. The third-order valence-corrected chi connectivity index (χ3v) is 3.55. The molecule has 8 heteroatoms. The maximum atomic E-state index is 12.5. The molecule has 0 bridgehead atoms. The molecule has 0 unspecified atom stereocenters. The van der Waals surface area contributed by atoms with Crippen LogP contribution >= 0.6 is 0 Å². The molecule has 4 rings (SSSR count). The van der Waals surface area contributed by atoms with E-state index in [9.17, 15) is 25.2 Å². The summed E-state index contributed by atoms with van der Waals surface area (Å²) in [5.74, 6) is -2.11. The molecule has 2 aliphatic heterocycles. The number of rotatable bonds is 0. The summed E-state index contributed by atoms with van der Waals surface area (Å²) in [6.07, 6.45) is -11.0. The number of phenols is 1. The summed E-state index contributed by atoms with van der Waals surface area (Å²) in [5, 5.41) is 43.0. The summed E-state index contributed by atoms with van der Waals surface area (Å²) >= 11 is 0. The van der Waals surface area contributed by atoms with Crippen LogP contribution in [0.3, 0.4) is 0 Å². The first-order valence-corrected chi connectivity index (χ1v) is 6.16. The Labute approximate surface area is 131 Å². The van der Waals surface area contributed by atoms with Gasteiger partial charge in [-0.3, -0.25) is 4.79 Å². The van der Waals surface area contributed by atoms with Crippen molar-refractivity contribution in [3.63, 3.8) is 0 Å². The summed E-state index contributed by atoms with van der Waals surface area (Å²) in [6.45, 7) is -0.288. The van der Waals surface area contributed by atoms with Crippen LogP contribution in [0.2, 0.25) is 0 Å². The van der Waals surface area contributed by atoms with E-state index in [-0.39, 0.29) is 23.9 Å². The molecule has 3 aliphatic rings. The van der Waals surface area contributed by atoms with Gasteiger partial charge in [0.2, 0.25) is 12.5 Å². The Balaban J connectivity index is 2.14. The van der Waals surface area contributed by atoms with Gasteiger partial charge >= 0.3 is 0 Å². The van der Waals surface area contributed by atoms with Crippen LogP contribution in [0.5, 0.6) is 17.2 Å². The Morgan fingerprint density at radius 2 is 2.09 bits per heavy atom. The van der Waals surface area contributed by atoms with Crippen molar-refractivity contribution >= 4 is 11.5 Å². The molecule has 4 atom stereocenters. The van der Waals surface area contributed by atoms with Gasteiger partial charge in [-0.2, -0.15) is 0 Å². The lowest BCUT2D eigenvalue weighted by Gasteiger charge is -2.39. The van der Waals surface area contributed by atoms with Gasteiger partial charge in [-0.1, -0.05) is 0 Å². The lowest BCUT2D eigenvalue weighted by atomic mass is 9.79. The second-order valence-electron chi connectivity index (χ2n) is 4.76. The van der Waals surface area contributed by atoms with Gasteiger partial charge in [0, 0.05) is 5.56 Å². The normalized spacial score (nSPS) is 49.0. The second kappa shape index (κ2) is 4.35. The maximum absolute atomic E-state index is 12.5. The standard InChI is InChI=1S/C14H13NO7/c16-6-1-5-4-2-7-13(22-3-21-7)11(18)8(4)14(20)15-9(5)12(19)10(6)17/h1-2,6,9-10,12,16-19H,3H2,(H,15,20)/t6-,9+,10+,12-/m0/s1/i1D,6D,9D,10D,12D. The van der Waals surface area contributed by atoms with Crippen molar-refractivity contribution in [1.82, 2.24) is 5.32 Å². The lowest BCUT2D eigenvalue weighted by Crippen LogP contribution is -2.57. The first-order chi connectivity index (χ1) is 12.3. The number of ether oxygens (including phenoxy) is 2. The number of fused-ring (bicyclic) bond motifs is 4. The van der Waals surface area contributed by atoms with Crippen LogP contribution in [0.4, 0.5) is 0 Å². The van der Waals surface area contributed by atoms with Gasteiger partial charge in [0.1, 0.15) is 18.2 Å². The van der Waals surface area contributed by atoms with Crippen LogP contribution < -0.4 is 14.8 Å². The van der Waals surface area contributed by atoms with Crippen molar-refractivity contribution in [2.24, 2.45) is 0 Å². The molecular weight excluding hydrogens is 294 g/mol. The number of aromatic hydroxyl groups is 1. The molecule has 0 saturated heterocycles. The van der Waals surface area contributed by atoms with Crippen molar-refractivity contribution in [2.75, 3.05) is 6.79 Å². The van der Waals surface area contributed by atoms with Crippen molar-refractivity contribution in [3.05, 3.63) is 23.2 Å². The summed E-state index contributed by atoms with van der Waals surface area (Å²) < 4.78 is 50.0.